The number of aryl methyl sites for hydroxylation is 1. The van der Waals surface area contributed by atoms with Gasteiger partial charge in [0.05, 0.1) is 19.3 Å². The Morgan fingerprint density at radius 1 is 1.22 bits per heavy atom. The number of benzene rings is 1. The summed E-state index contributed by atoms with van der Waals surface area (Å²) in [5.41, 5.74) is 2.19. The van der Waals surface area contributed by atoms with Crippen molar-refractivity contribution in [1.29, 1.82) is 0 Å². The third kappa shape index (κ3) is 5.31. The number of hydrogen-bond acceptors (Lipinski definition) is 4. The maximum absolute atomic E-state index is 12.7. The topological polar surface area (TPSA) is 53.6 Å². The van der Waals surface area contributed by atoms with E-state index in [1.165, 1.54) is 5.56 Å². The standard InChI is InChI=1S/C21H29N3O2S/c1-16-6-8-17(9-7-16)19(18-5-4-14-27-18)23-20(25)22-15-21(2,3)24-10-12-26-13-11-24/h4-9,14,19H,10-13,15H2,1-3H3,(H2,22,23,25)/t19-/m1/s1. The quantitative estimate of drug-likeness (QED) is 0.797. The molecule has 0 spiro atoms. The molecule has 2 N–H and O–H groups in total. The first-order valence-electron chi connectivity index (χ1n) is 9.43. The Morgan fingerprint density at radius 2 is 1.93 bits per heavy atom. The third-order valence-electron chi connectivity index (χ3n) is 5.06. The molecule has 6 heteroatoms. The van der Waals surface area contributed by atoms with E-state index in [1.807, 2.05) is 11.4 Å². The molecule has 5 nitrogen and oxygen atoms in total. The molecule has 1 aliphatic heterocycles. The normalized spacial score (nSPS) is 16.7. The molecule has 27 heavy (non-hydrogen) atoms. The van der Waals surface area contributed by atoms with Gasteiger partial charge in [-0.05, 0) is 37.8 Å². The van der Waals surface area contributed by atoms with Gasteiger partial charge in [0.15, 0.2) is 0 Å². The minimum absolute atomic E-state index is 0.108. The van der Waals surface area contributed by atoms with Gasteiger partial charge < -0.3 is 15.4 Å². The predicted octanol–water partition coefficient (Wildman–Crippen LogP) is 3.56. The number of urea groups is 1. The fourth-order valence-electron chi connectivity index (χ4n) is 3.29. The zero-order valence-corrected chi connectivity index (χ0v) is 17.1. The first-order chi connectivity index (χ1) is 13.0. The van der Waals surface area contributed by atoms with Crippen LogP contribution in [-0.2, 0) is 4.74 Å². The zero-order valence-electron chi connectivity index (χ0n) is 16.3. The van der Waals surface area contributed by atoms with Crippen LogP contribution in [0.2, 0.25) is 0 Å². The fraction of sp³-hybridized carbons (Fsp3) is 0.476. The number of hydrogen-bond donors (Lipinski definition) is 2. The van der Waals surface area contributed by atoms with Crippen molar-refractivity contribution in [2.75, 3.05) is 32.8 Å². The van der Waals surface area contributed by atoms with Crippen LogP contribution in [0.1, 0.15) is 35.9 Å². The van der Waals surface area contributed by atoms with Gasteiger partial charge in [0.2, 0.25) is 0 Å². The van der Waals surface area contributed by atoms with Gasteiger partial charge >= 0.3 is 6.03 Å². The summed E-state index contributed by atoms with van der Waals surface area (Å²) in [4.78, 5) is 16.2. The highest BCUT2D eigenvalue weighted by Crippen LogP contribution is 2.26. The van der Waals surface area contributed by atoms with Crippen LogP contribution in [0.15, 0.2) is 41.8 Å². The van der Waals surface area contributed by atoms with Crippen LogP contribution in [0.4, 0.5) is 4.79 Å². The summed E-state index contributed by atoms with van der Waals surface area (Å²) in [5, 5.41) is 8.25. The summed E-state index contributed by atoms with van der Waals surface area (Å²) < 4.78 is 5.43. The van der Waals surface area contributed by atoms with Gasteiger partial charge in [0.25, 0.3) is 0 Å². The van der Waals surface area contributed by atoms with Crippen LogP contribution in [-0.4, -0.2) is 49.3 Å². The zero-order chi connectivity index (χ0) is 19.3. The van der Waals surface area contributed by atoms with E-state index in [9.17, 15) is 4.79 Å². The van der Waals surface area contributed by atoms with Crippen molar-refractivity contribution in [3.63, 3.8) is 0 Å². The van der Waals surface area contributed by atoms with E-state index in [4.69, 9.17) is 4.74 Å². The minimum Gasteiger partial charge on any atom is -0.379 e. The molecular formula is C21H29N3O2S. The van der Waals surface area contributed by atoms with E-state index < -0.39 is 0 Å². The molecule has 1 aromatic carbocycles. The van der Waals surface area contributed by atoms with Gasteiger partial charge in [-0.25, -0.2) is 4.79 Å². The first kappa shape index (κ1) is 19.9. The molecule has 0 aliphatic carbocycles. The van der Waals surface area contributed by atoms with Crippen LogP contribution in [0.5, 0.6) is 0 Å². The number of carbonyl (C=O) groups is 1. The molecule has 0 radical (unpaired) electrons. The Morgan fingerprint density at radius 3 is 2.56 bits per heavy atom. The van der Waals surface area contributed by atoms with Gasteiger partial charge in [0.1, 0.15) is 0 Å². The number of carbonyl (C=O) groups excluding carboxylic acids is 1. The van der Waals surface area contributed by atoms with Crippen LogP contribution >= 0.6 is 11.3 Å². The number of amides is 2. The van der Waals surface area contributed by atoms with E-state index in [1.54, 1.807) is 11.3 Å². The van der Waals surface area contributed by atoms with Gasteiger partial charge in [-0.3, -0.25) is 4.90 Å². The van der Waals surface area contributed by atoms with E-state index in [0.717, 1.165) is 36.7 Å². The molecule has 0 saturated carbocycles. The first-order valence-corrected chi connectivity index (χ1v) is 10.3. The smallest absolute Gasteiger partial charge is 0.315 e. The summed E-state index contributed by atoms with van der Waals surface area (Å²) in [5.74, 6) is 0. The number of thiophene rings is 1. The van der Waals surface area contributed by atoms with Crippen molar-refractivity contribution in [2.45, 2.75) is 32.4 Å². The number of ether oxygens (including phenoxy) is 1. The molecule has 2 aromatic rings. The Labute approximate surface area is 165 Å². The lowest BCUT2D eigenvalue weighted by molar-refractivity contribution is -0.00875. The average molecular weight is 388 g/mol. The molecule has 0 bridgehead atoms. The van der Waals surface area contributed by atoms with Crippen LogP contribution < -0.4 is 10.6 Å². The summed E-state index contributed by atoms with van der Waals surface area (Å²) in [6.45, 7) is 10.3. The lowest BCUT2D eigenvalue weighted by atomic mass is 10.0. The highest BCUT2D eigenvalue weighted by Gasteiger charge is 2.29. The Bertz CT molecular complexity index is 722. The van der Waals surface area contributed by atoms with Crippen molar-refractivity contribution >= 4 is 17.4 Å². The van der Waals surface area contributed by atoms with Crippen molar-refractivity contribution < 1.29 is 9.53 Å². The second-order valence-corrected chi connectivity index (χ2v) is 8.58. The lowest BCUT2D eigenvalue weighted by Crippen LogP contribution is -2.56. The van der Waals surface area contributed by atoms with E-state index in [2.05, 4.69) is 66.6 Å². The molecule has 0 unspecified atom stereocenters. The summed E-state index contributed by atoms with van der Waals surface area (Å²) in [7, 11) is 0. The molecule has 1 fully saturated rings. The van der Waals surface area contributed by atoms with Crippen LogP contribution in [0.3, 0.4) is 0 Å². The Hall–Kier alpha value is -1.89. The Kier molecular flexibility index (Phi) is 6.52. The maximum atomic E-state index is 12.7. The van der Waals surface area contributed by atoms with Gasteiger partial charge in [-0.1, -0.05) is 35.9 Å². The number of rotatable bonds is 6. The van der Waals surface area contributed by atoms with E-state index in [-0.39, 0.29) is 17.6 Å². The largest absolute Gasteiger partial charge is 0.379 e. The molecule has 1 aromatic heterocycles. The van der Waals surface area contributed by atoms with Crippen LogP contribution in [0.25, 0.3) is 0 Å². The molecule has 146 valence electrons. The SMILES string of the molecule is Cc1ccc([C@@H](NC(=O)NCC(C)(C)N2CCOCC2)c2cccs2)cc1. The molecule has 2 heterocycles. The van der Waals surface area contributed by atoms with Gasteiger partial charge in [0, 0.05) is 30.1 Å². The van der Waals surface area contributed by atoms with Crippen molar-refractivity contribution in [3.8, 4) is 0 Å². The highest BCUT2D eigenvalue weighted by atomic mass is 32.1. The summed E-state index contributed by atoms with van der Waals surface area (Å²) in [6.07, 6.45) is 0. The fourth-order valence-corrected chi connectivity index (χ4v) is 4.09. The second-order valence-electron chi connectivity index (χ2n) is 7.60. The van der Waals surface area contributed by atoms with E-state index >= 15 is 0 Å². The lowest BCUT2D eigenvalue weighted by Gasteiger charge is -2.40. The maximum Gasteiger partial charge on any atom is 0.315 e. The average Bonchev–Trinajstić information content (AvgIpc) is 3.21. The monoisotopic (exact) mass is 387 g/mol. The number of morpholine rings is 1. The minimum atomic E-state index is -0.143. The van der Waals surface area contributed by atoms with Gasteiger partial charge in [-0.15, -0.1) is 11.3 Å². The summed E-state index contributed by atoms with van der Waals surface area (Å²) >= 11 is 1.65. The second kappa shape index (κ2) is 8.87. The predicted molar refractivity (Wildman–Crippen MR) is 110 cm³/mol. The molecule has 2 amide bonds. The Balaban J connectivity index is 1.63. The number of nitrogens with one attached hydrogen (secondary N) is 2. The molecular weight excluding hydrogens is 358 g/mol. The van der Waals surface area contributed by atoms with Crippen molar-refractivity contribution in [3.05, 3.63) is 57.8 Å². The molecule has 3 rings (SSSR count). The molecule has 1 atom stereocenters. The number of nitrogens with zero attached hydrogens (tertiary/aromatic N) is 1. The molecule has 1 aliphatic rings. The highest BCUT2D eigenvalue weighted by molar-refractivity contribution is 7.10. The van der Waals surface area contributed by atoms with Crippen molar-refractivity contribution in [2.24, 2.45) is 0 Å². The van der Waals surface area contributed by atoms with Crippen LogP contribution in [0, 0.1) is 6.92 Å². The third-order valence-corrected chi connectivity index (χ3v) is 6.00. The summed E-state index contributed by atoms with van der Waals surface area (Å²) in [6, 6.07) is 12.1. The van der Waals surface area contributed by atoms with Gasteiger partial charge in [-0.2, -0.15) is 0 Å². The molecule has 1 saturated heterocycles. The van der Waals surface area contributed by atoms with Crippen molar-refractivity contribution in [1.82, 2.24) is 15.5 Å². The van der Waals surface area contributed by atoms with E-state index in [0.29, 0.717) is 6.54 Å².